The lowest BCUT2D eigenvalue weighted by Crippen LogP contribution is -1.82. The molecule has 0 saturated heterocycles. The van der Waals surface area contributed by atoms with Crippen molar-refractivity contribution in [3.05, 3.63) is 66.6 Å². The number of hydrogen-bond acceptors (Lipinski definition) is 2. The van der Waals surface area contributed by atoms with Crippen LogP contribution in [-0.4, -0.2) is 4.98 Å². The molecule has 0 aliphatic carbocycles. The first kappa shape index (κ1) is 11.2. The van der Waals surface area contributed by atoms with Crippen LogP contribution < -0.4 is 0 Å². The molecule has 0 N–H and O–H groups in total. The molecule has 0 amide bonds. The van der Waals surface area contributed by atoms with Crippen LogP contribution in [0.25, 0.3) is 33.0 Å². The highest BCUT2D eigenvalue weighted by Crippen LogP contribution is 2.37. The average molecular weight is 259 g/mol. The van der Waals surface area contributed by atoms with Crippen molar-refractivity contribution in [1.82, 2.24) is 4.98 Å². The van der Waals surface area contributed by atoms with E-state index in [1.807, 2.05) is 43.5 Å². The van der Waals surface area contributed by atoms with Gasteiger partial charge >= 0.3 is 0 Å². The number of nitrogens with zero attached hydrogens (tertiary/aromatic N) is 1. The van der Waals surface area contributed by atoms with Crippen LogP contribution in [0.3, 0.4) is 0 Å². The molecule has 0 saturated carbocycles. The Morgan fingerprint density at radius 1 is 0.900 bits per heavy atom. The first-order valence-electron chi connectivity index (χ1n) is 6.67. The predicted octanol–water partition coefficient (Wildman–Crippen LogP) is 4.96. The van der Waals surface area contributed by atoms with Crippen molar-refractivity contribution in [3.63, 3.8) is 0 Å². The highest BCUT2D eigenvalue weighted by Gasteiger charge is 2.15. The molecule has 2 aromatic heterocycles. The third kappa shape index (κ3) is 1.55. The zero-order chi connectivity index (χ0) is 13.5. The van der Waals surface area contributed by atoms with E-state index in [0.29, 0.717) is 0 Å². The molecule has 0 atom stereocenters. The Bertz CT molecular complexity index is 907. The molecular formula is C18H13NO. The molecule has 2 aromatic carbocycles. The van der Waals surface area contributed by atoms with Crippen molar-refractivity contribution in [1.29, 1.82) is 0 Å². The van der Waals surface area contributed by atoms with Gasteiger partial charge in [-0.1, -0.05) is 36.4 Å². The number of fused-ring (bicyclic) bond motifs is 3. The second-order valence-electron chi connectivity index (χ2n) is 4.91. The van der Waals surface area contributed by atoms with Gasteiger partial charge in [-0.25, -0.2) is 0 Å². The van der Waals surface area contributed by atoms with Crippen LogP contribution >= 0.6 is 0 Å². The summed E-state index contributed by atoms with van der Waals surface area (Å²) < 4.78 is 5.92. The number of aromatic nitrogens is 1. The monoisotopic (exact) mass is 259 g/mol. The number of benzene rings is 2. The molecule has 0 bridgehead atoms. The summed E-state index contributed by atoms with van der Waals surface area (Å²) in [4.78, 5) is 4.55. The second kappa shape index (κ2) is 4.20. The number of hydrogen-bond donors (Lipinski definition) is 0. The number of rotatable bonds is 1. The topological polar surface area (TPSA) is 26.0 Å². The fourth-order valence-corrected chi connectivity index (χ4v) is 2.80. The van der Waals surface area contributed by atoms with Gasteiger partial charge < -0.3 is 4.42 Å². The van der Waals surface area contributed by atoms with Crippen LogP contribution in [0.5, 0.6) is 0 Å². The average Bonchev–Trinajstić information content (AvgIpc) is 2.84. The third-order valence-corrected chi connectivity index (χ3v) is 3.66. The van der Waals surface area contributed by atoms with Crippen molar-refractivity contribution in [2.24, 2.45) is 0 Å². The largest absolute Gasteiger partial charge is 0.461 e. The fraction of sp³-hybridized carbons (Fsp3) is 0.0556. The van der Waals surface area contributed by atoms with Gasteiger partial charge in [-0.15, -0.1) is 0 Å². The standard InChI is InChI=1S/C18H13NO/c1-12-16(13-6-3-2-4-7-13)17-15(20-12)10-9-14-8-5-11-19-18(14)17/h2-11H,1H3. The number of pyridine rings is 1. The number of furan rings is 1. The van der Waals surface area contributed by atoms with Gasteiger partial charge in [0.2, 0.25) is 0 Å². The SMILES string of the molecule is Cc1oc2ccc3cccnc3c2c1-c1ccccc1. The first-order valence-corrected chi connectivity index (χ1v) is 6.67. The molecule has 0 fully saturated rings. The minimum atomic E-state index is 0.896. The molecule has 2 nitrogen and oxygen atoms in total. The van der Waals surface area contributed by atoms with Crippen molar-refractivity contribution in [2.75, 3.05) is 0 Å². The van der Waals surface area contributed by atoms with Gasteiger partial charge in [0, 0.05) is 17.1 Å². The van der Waals surface area contributed by atoms with Gasteiger partial charge in [0.05, 0.1) is 10.9 Å². The Morgan fingerprint density at radius 2 is 1.75 bits per heavy atom. The first-order chi connectivity index (χ1) is 9.84. The molecule has 0 aliphatic rings. The van der Waals surface area contributed by atoms with Gasteiger partial charge in [-0.3, -0.25) is 4.98 Å². The summed E-state index contributed by atoms with van der Waals surface area (Å²) in [6.07, 6.45) is 1.83. The summed E-state index contributed by atoms with van der Waals surface area (Å²) in [5, 5.41) is 2.24. The van der Waals surface area contributed by atoms with E-state index >= 15 is 0 Å². The molecule has 4 aromatic rings. The van der Waals surface area contributed by atoms with E-state index < -0.39 is 0 Å². The summed E-state index contributed by atoms with van der Waals surface area (Å²) in [6, 6.07) is 18.5. The quantitative estimate of drug-likeness (QED) is 0.483. The minimum absolute atomic E-state index is 0.896. The number of aryl methyl sites for hydroxylation is 1. The van der Waals surface area contributed by atoms with E-state index in [1.165, 1.54) is 5.56 Å². The molecule has 4 rings (SSSR count). The highest BCUT2D eigenvalue weighted by atomic mass is 16.3. The Balaban J connectivity index is 2.20. The van der Waals surface area contributed by atoms with Gasteiger partial charge in [-0.2, -0.15) is 0 Å². The predicted molar refractivity (Wildman–Crippen MR) is 81.7 cm³/mol. The maximum absolute atomic E-state index is 5.92. The zero-order valence-electron chi connectivity index (χ0n) is 11.1. The van der Waals surface area contributed by atoms with E-state index in [1.54, 1.807) is 0 Å². The molecule has 0 aliphatic heterocycles. The normalized spacial score (nSPS) is 11.2. The van der Waals surface area contributed by atoms with Gasteiger partial charge in [-0.05, 0) is 30.7 Å². The second-order valence-corrected chi connectivity index (χ2v) is 4.91. The van der Waals surface area contributed by atoms with Crippen LogP contribution in [0.1, 0.15) is 5.76 Å². The molecule has 0 unspecified atom stereocenters. The lowest BCUT2D eigenvalue weighted by molar-refractivity contribution is 0.580. The fourth-order valence-electron chi connectivity index (χ4n) is 2.80. The van der Waals surface area contributed by atoms with Gasteiger partial charge in [0.1, 0.15) is 11.3 Å². The minimum Gasteiger partial charge on any atom is -0.461 e. The maximum Gasteiger partial charge on any atom is 0.137 e. The van der Waals surface area contributed by atoms with Gasteiger partial charge in [0.15, 0.2) is 0 Å². The summed E-state index contributed by atoms with van der Waals surface area (Å²) in [6.45, 7) is 2.01. The highest BCUT2D eigenvalue weighted by molar-refractivity contribution is 6.11. The summed E-state index contributed by atoms with van der Waals surface area (Å²) in [5.41, 5.74) is 4.21. The van der Waals surface area contributed by atoms with Crippen LogP contribution in [0, 0.1) is 6.92 Å². The van der Waals surface area contributed by atoms with E-state index in [0.717, 1.165) is 33.2 Å². The maximum atomic E-state index is 5.92. The molecule has 0 radical (unpaired) electrons. The summed E-state index contributed by atoms with van der Waals surface area (Å²) >= 11 is 0. The van der Waals surface area contributed by atoms with Crippen molar-refractivity contribution < 1.29 is 4.42 Å². The Kier molecular flexibility index (Phi) is 2.36. The lowest BCUT2D eigenvalue weighted by atomic mass is 10.0. The van der Waals surface area contributed by atoms with Crippen molar-refractivity contribution in [2.45, 2.75) is 6.92 Å². The smallest absolute Gasteiger partial charge is 0.137 e. The molecular weight excluding hydrogens is 246 g/mol. The zero-order valence-corrected chi connectivity index (χ0v) is 11.1. The van der Waals surface area contributed by atoms with Crippen molar-refractivity contribution >= 4 is 21.9 Å². The van der Waals surface area contributed by atoms with E-state index in [9.17, 15) is 0 Å². The van der Waals surface area contributed by atoms with Crippen molar-refractivity contribution in [3.8, 4) is 11.1 Å². The van der Waals surface area contributed by atoms with Crippen LogP contribution in [0.2, 0.25) is 0 Å². The third-order valence-electron chi connectivity index (χ3n) is 3.66. The van der Waals surface area contributed by atoms with E-state index in [4.69, 9.17) is 4.42 Å². The Hall–Kier alpha value is -2.61. The molecule has 96 valence electrons. The molecule has 20 heavy (non-hydrogen) atoms. The van der Waals surface area contributed by atoms with E-state index in [-0.39, 0.29) is 0 Å². The summed E-state index contributed by atoms with van der Waals surface area (Å²) in [5.74, 6) is 0.935. The van der Waals surface area contributed by atoms with Crippen LogP contribution in [0.15, 0.2) is 65.2 Å². The van der Waals surface area contributed by atoms with Crippen LogP contribution in [-0.2, 0) is 0 Å². The molecule has 2 heterocycles. The Morgan fingerprint density at radius 3 is 2.60 bits per heavy atom. The lowest BCUT2D eigenvalue weighted by Gasteiger charge is -2.02. The van der Waals surface area contributed by atoms with Crippen LogP contribution in [0.4, 0.5) is 0 Å². The molecule has 0 spiro atoms. The van der Waals surface area contributed by atoms with E-state index in [2.05, 4.69) is 29.2 Å². The molecule has 2 heteroatoms. The summed E-state index contributed by atoms with van der Waals surface area (Å²) in [7, 11) is 0. The Labute approximate surface area is 116 Å². The van der Waals surface area contributed by atoms with Gasteiger partial charge in [0.25, 0.3) is 0 Å².